The van der Waals surface area contributed by atoms with Crippen LogP contribution in [0.4, 0.5) is 0 Å². The van der Waals surface area contributed by atoms with Crippen LogP contribution in [-0.4, -0.2) is 17.7 Å². The van der Waals surface area contributed by atoms with E-state index in [4.69, 9.17) is 32.7 Å². The molecule has 1 aromatic carbocycles. The summed E-state index contributed by atoms with van der Waals surface area (Å²) in [6.45, 7) is 4.94. The highest BCUT2D eigenvalue weighted by Gasteiger charge is 2.39. The van der Waals surface area contributed by atoms with Gasteiger partial charge in [-0.25, -0.2) is 4.79 Å². The summed E-state index contributed by atoms with van der Waals surface area (Å²) in [5.41, 5.74) is 0.950. The summed E-state index contributed by atoms with van der Waals surface area (Å²) in [4.78, 5) is 23.8. The average Bonchev–Trinajstić information content (AvgIpc) is 2.72. The lowest BCUT2D eigenvalue weighted by molar-refractivity contribution is -0.159. The Bertz CT molecular complexity index is 668. The molecule has 0 atom stereocenters. The zero-order chi connectivity index (χ0) is 16.5. The van der Waals surface area contributed by atoms with Gasteiger partial charge in [0, 0.05) is 20.4 Å². The number of nitrogens with one attached hydrogen (secondary N) is 1. The molecule has 1 aliphatic rings. The zero-order valence-corrected chi connectivity index (χ0v) is 13.8. The largest absolute Gasteiger partial charge is 0.445 e. The van der Waals surface area contributed by atoms with Gasteiger partial charge in [0.1, 0.15) is 0 Å². The van der Waals surface area contributed by atoms with Gasteiger partial charge in [0.2, 0.25) is 11.5 Å². The number of ether oxygens (including phenoxy) is 2. The predicted molar refractivity (Wildman–Crippen MR) is 82.3 cm³/mol. The second-order valence-electron chi connectivity index (χ2n) is 5.28. The van der Waals surface area contributed by atoms with E-state index < -0.39 is 17.7 Å². The molecule has 22 heavy (non-hydrogen) atoms. The van der Waals surface area contributed by atoms with Crippen LogP contribution < -0.4 is 5.32 Å². The first kappa shape index (κ1) is 16.6. The van der Waals surface area contributed by atoms with Gasteiger partial charge in [-0.1, -0.05) is 29.3 Å². The van der Waals surface area contributed by atoms with Crippen molar-refractivity contribution >= 4 is 35.1 Å². The topological polar surface area (TPSA) is 64.6 Å². The predicted octanol–water partition coefficient (Wildman–Crippen LogP) is 3.19. The smallest absolute Gasteiger partial charge is 0.377 e. The van der Waals surface area contributed by atoms with E-state index in [1.165, 1.54) is 6.92 Å². The zero-order valence-electron chi connectivity index (χ0n) is 12.3. The first-order valence-electron chi connectivity index (χ1n) is 6.55. The maximum atomic E-state index is 12.1. The fourth-order valence-corrected chi connectivity index (χ4v) is 2.20. The molecule has 118 valence electrons. The Labute approximate surface area is 138 Å². The molecule has 0 unspecified atom stereocenters. The molecular weight excluding hydrogens is 329 g/mol. The summed E-state index contributed by atoms with van der Waals surface area (Å²) in [6, 6.07) is 5.06. The maximum absolute atomic E-state index is 12.1. The van der Waals surface area contributed by atoms with Gasteiger partial charge >= 0.3 is 5.97 Å². The van der Waals surface area contributed by atoms with Crippen molar-refractivity contribution < 1.29 is 19.1 Å². The van der Waals surface area contributed by atoms with E-state index in [1.807, 2.05) is 0 Å². The van der Waals surface area contributed by atoms with E-state index in [1.54, 1.807) is 32.0 Å². The van der Waals surface area contributed by atoms with Crippen LogP contribution in [0.15, 0.2) is 29.5 Å². The van der Waals surface area contributed by atoms with Gasteiger partial charge in [0.05, 0.1) is 15.6 Å². The van der Waals surface area contributed by atoms with Crippen LogP contribution >= 0.6 is 23.2 Å². The second kappa shape index (κ2) is 6.18. The molecule has 0 saturated carbocycles. The first-order chi connectivity index (χ1) is 10.2. The Morgan fingerprint density at radius 2 is 1.91 bits per heavy atom. The number of hydrogen-bond acceptors (Lipinski definition) is 4. The third-order valence-electron chi connectivity index (χ3n) is 2.99. The number of amides is 1. The molecule has 1 aliphatic heterocycles. The molecule has 1 fully saturated rings. The van der Waals surface area contributed by atoms with E-state index in [9.17, 15) is 9.59 Å². The fourth-order valence-electron chi connectivity index (χ4n) is 1.88. The summed E-state index contributed by atoms with van der Waals surface area (Å²) in [7, 11) is 0. The highest BCUT2D eigenvalue weighted by Crippen LogP contribution is 2.28. The van der Waals surface area contributed by atoms with Gasteiger partial charge in [-0.15, -0.1) is 0 Å². The van der Waals surface area contributed by atoms with E-state index in [0.717, 1.165) is 5.56 Å². The average molecular weight is 344 g/mol. The van der Waals surface area contributed by atoms with Crippen LogP contribution in [0.5, 0.6) is 0 Å². The van der Waals surface area contributed by atoms with E-state index in [-0.39, 0.29) is 17.9 Å². The number of benzene rings is 1. The van der Waals surface area contributed by atoms with Gasteiger partial charge in [-0.05, 0) is 24.6 Å². The molecule has 0 bridgehead atoms. The lowest BCUT2D eigenvalue weighted by atomic mass is 10.2. The minimum atomic E-state index is -1.06. The van der Waals surface area contributed by atoms with E-state index in [0.29, 0.717) is 10.0 Å². The first-order valence-corrected chi connectivity index (χ1v) is 7.30. The van der Waals surface area contributed by atoms with Crippen molar-refractivity contribution in [3.05, 3.63) is 45.1 Å². The third-order valence-corrected chi connectivity index (χ3v) is 3.73. The van der Waals surface area contributed by atoms with E-state index >= 15 is 0 Å². The van der Waals surface area contributed by atoms with Crippen LogP contribution in [-0.2, 0) is 25.6 Å². The Morgan fingerprint density at radius 3 is 2.45 bits per heavy atom. The van der Waals surface area contributed by atoms with Crippen LogP contribution in [0.25, 0.3) is 0 Å². The maximum Gasteiger partial charge on any atom is 0.377 e. The van der Waals surface area contributed by atoms with Crippen molar-refractivity contribution in [2.45, 2.75) is 33.1 Å². The Kier molecular flexibility index (Phi) is 4.68. The number of esters is 1. The highest BCUT2D eigenvalue weighted by molar-refractivity contribution is 6.42. The van der Waals surface area contributed by atoms with E-state index in [2.05, 4.69) is 5.32 Å². The van der Waals surface area contributed by atoms with Gasteiger partial charge in [-0.2, -0.15) is 0 Å². The summed E-state index contributed by atoms with van der Waals surface area (Å²) >= 11 is 11.7. The highest BCUT2D eigenvalue weighted by atomic mass is 35.5. The monoisotopic (exact) mass is 343 g/mol. The van der Waals surface area contributed by atoms with Crippen LogP contribution in [0.1, 0.15) is 26.3 Å². The van der Waals surface area contributed by atoms with Crippen LogP contribution in [0, 0.1) is 0 Å². The normalized spacial score (nSPS) is 18.5. The number of rotatable bonds is 3. The SMILES string of the molecule is CC(C(=O)NCc1ccc(Cl)c(Cl)c1)=C1OC(C)(C)OC1=O. The molecule has 1 N–H and O–H groups in total. The van der Waals surface area contributed by atoms with Crippen molar-refractivity contribution in [2.24, 2.45) is 0 Å². The van der Waals surface area contributed by atoms with Crippen molar-refractivity contribution in [2.75, 3.05) is 0 Å². The molecule has 0 spiro atoms. The molecule has 1 heterocycles. The van der Waals surface area contributed by atoms with Gasteiger partial charge in [0.15, 0.2) is 0 Å². The molecular formula is C15H15Cl2NO4. The molecule has 1 amide bonds. The molecule has 2 rings (SSSR count). The van der Waals surface area contributed by atoms with Crippen molar-refractivity contribution in [3.63, 3.8) is 0 Å². The number of halogens is 2. The minimum Gasteiger partial charge on any atom is -0.445 e. The quantitative estimate of drug-likeness (QED) is 0.676. The number of hydrogen-bond donors (Lipinski definition) is 1. The molecule has 0 aromatic heterocycles. The fraction of sp³-hybridized carbons (Fsp3) is 0.333. The van der Waals surface area contributed by atoms with Crippen LogP contribution in [0.3, 0.4) is 0 Å². The Balaban J connectivity index is 2.06. The summed E-state index contributed by atoms with van der Waals surface area (Å²) in [5.74, 6) is -2.20. The molecule has 1 aromatic rings. The molecule has 7 heteroatoms. The van der Waals surface area contributed by atoms with Crippen LogP contribution in [0.2, 0.25) is 10.0 Å². The summed E-state index contributed by atoms with van der Waals surface area (Å²) in [5, 5.41) is 3.54. The molecule has 0 aliphatic carbocycles. The number of cyclic esters (lactones) is 1. The third kappa shape index (κ3) is 3.72. The van der Waals surface area contributed by atoms with Gasteiger partial charge < -0.3 is 14.8 Å². The van der Waals surface area contributed by atoms with Crippen molar-refractivity contribution in [1.82, 2.24) is 5.32 Å². The molecule has 0 radical (unpaired) electrons. The van der Waals surface area contributed by atoms with Crippen molar-refractivity contribution in [1.29, 1.82) is 0 Å². The summed E-state index contributed by atoms with van der Waals surface area (Å²) < 4.78 is 10.3. The lowest BCUT2D eigenvalue weighted by Crippen LogP contribution is -2.25. The Hall–Kier alpha value is -1.72. The lowest BCUT2D eigenvalue weighted by Gasteiger charge is -2.14. The Morgan fingerprint density at radius 1 is 1.23 bits per heavy atom. The minimum absolute atomic E-state index is 0.0726. The van der Waals surface area contributed by atoms with Crippen molar-refractivity contribution in [3.8, 4) is 0 Å². The molecule has 5 nitrogen and oxygen atoms in total. The second-order valence-corrected chi connectivity index (χ2v) is 6.09. The number of carbonyl (C=O) groups is 2. The standard InChI is InChI=1S/C15H15Cl2NO4/c1-8(12-14(20)22-15(2,3)21-12)13(19)18-7-9-4-5-10(16)11(17)6-9/h4-6H,7H2,1-3H3,(H,18,19). The molecule has 1 saturated heterocycles. The van der Waals surface area contributed by atoms with Gasteiger partial charge in [-0.3, -0.25) is 4.79 Å². The number of carbonyl (C=O) groups excluding carboxylic acids is 2. The summed E-state index contributed by atoms with van der Waals surface area (Å²) in [6.07, 6.45) is 0. The van der Waals surface area contributed by atoms with Gasteiger partial charge in [0.25, 0.3) is 5.91 Å².